The van der Waals surface area contributed by atoms with Crippen molar-refractivity contribution in [1.29, 1.82) is 0 Å². The highest BCUT2D eigenvalue weighted by Gasteiger charge is 2.77. The molecule has 1 aromatic carbocycles. The van der Waals surface area contributed by atoms with Gasteiger partial charge in [-0.25, -0.2) is 4.79 Å². The molecule has 3 aliphatic carbocycles. The fraction of sp³-hybridized carbons (Fsp3) is 0.621. The van der Waals surface area contributed by atoms with E-state index in [1.165, 1.54) is 26.0 Å². The summed E-state index contributed by atoms with van der Waals surface area (Å²) in [6.45, 7) is 7.29. The van der Waals surface area contributed by atoms with Crippen LogP contribution in [0.4, 0.5) is 0 Å². The summed E-state index contributed by atoms with van der Waals surface area (Å²) in [5, 5.41) is 46.7. The highest BCUT2D eigenvalue weighted by Crippen LogP contribution is 2.63. The van der Waals surface area contributed by atoms with E-state index in [-0.39, 0.29) is 30.6 Å². The van der Waals surface area contributed by atoms with E-state index in [0.29, 0.717) is 5.57 Å². The maximum atomic E-state index is 14.3. The Kier molecular flexibility index (Phi) is 6.40. The number of hydrogen-bond acceptors (Lipinski definition) is 10. The Morgan fingerprint density at radius 3 is 2.28 bits per heavy atom. The van der Waals surface area contributed by atoms with E-state index < -0.39 is 76.2 Å². The van der Waals surface area contributed by atoms with Crippen LogP contribution in [0.1, 0.15) is 57.8 Å². The van der Waals surface area contributed by atoms with Gasteiger partial charge in [-0.1, -0.05) is 32.0 Å². The van der Waals surface area contributed by atoms with Gasteiger partial charge in [0.25, 0.3) is 0 Å². The zero-order valence-electron chi connectivity index (χ0n) is 22.7. The highest BCUT2D eigenvalue weighted by molar-refractivity contribution is 5.94. The number of esters is 2. The van der Waals surface area contributed by atoms with Crippen molar-refractivity contribution in [3.8, 4) is 0 Å². The van der Waals surface area contributed by atoms with Crippen molar-refractivity contribution in [2.45, 2.75) is 89.2 Å². The van der Waals surface area contributed by atoms with Crippen molar-refractivity contribution in [3.05, 3.63) is 47.0 Å². The minimum Gasteiger partial charge on any atom is -0.455 e. The van der Waals surface area contributed by atoms with Crippen LogP contribution < -0.4 is 0 Å². The van der Waals surface area contributed by atoms with E-state index in [4.69, 9.17) is 14.2 Å². The molecule has 10 nitrogen and oxygen atoms in total. The topological polar surface area (TPSA) is 160 Å². The maximum Gasteiger partial charge on any atom is 0.338 e. The van der Waals surface area contributed by atoms with Crippen LogP contribution in [-0.4, -0.2) is 86.5 Å². The molecule has 1 saturated heterocycles. The smallest absolute Gasteiger partial charge is 0.338 e. The first-order valence-electron chi connectivity index (χ1n) is 13.2. The lowest BCUT2D eigenvalue weighted by Gasteiger charge is -2.67. The van der Waals surface area contributed by atoms with E-state index in [1.54, 1.807) is 39.0 Å². The number of carbonyl (C=O) groups excluding carboxylic acids is 3. The summed E-state index contributed by atoms with van der Waals surface area (Å²) in [6, 6.07) is 8.08. The van der Waals surface area contributed by atoms with Crippen molar-refractivity contribution >= 4 is 17.7 Å². The van der Waals surface area contributed by atoms with Gasteiger partial charge in [-0.3, -0.25) is 9.59 Å². The van der Waals surface area contributed by atoms with E-state index in [1.807, 2.05) is 0 Å². The molecule has 10 heteroatoms. The van der Waals surface area contributed by atoms with Gasteiger partial charge in [0.15, 0.2) is 11.4 Å². The lowest BCUT2D eigenvalue weighted by atomic mass is 9.44. The second-order valence-corrected chi connectivity index (χ2v) is 12.2. The minimum absolute atomic E-state index is 0.0828. The molecule has 0 unspecified atom stereocenters. The standard InChI is InChI=1S/C29H36O10/c1-14-17(31)12-29(36)24(38-25(35)16-9-7-6-8-10-16)22-27(5,23(34)21(33)20(14)26(29,3)4)18(32)11-19-28(22,13-37-19)39-15(2)30/h6-10,17-19,21-22,24,31-33,36H,11-13H2,1-5H3/t17-,18+,19+,21-,22+,24-,27+,28+,29+/m0/s1. The van der Waals surface area contributed by atoms with Gasteiger partial charge < -0.3 is 34.6 Å². The highest BCUT2D eigenvalue weighted by atomic mass is 16.6. The summed E-state index contributed by atoms with van der Waals surface area (Å²) in [4.78, 5) is 40.3. The summed E-state index contributed by atoms with van der Waals surface area (Å²) >= 11 is 0. The quantitative estimate of drug-likeness (QED) is 0.320. The molecule has 0 spiro atoms. The van der Waals surface area contributed by atoms with Crippen LogP contribution in [-0.2, 0) is 23.8 Å². The third-order valence-corrected chi connectivity index (χ3v) is 9.95. The Bertz CT molecular complexity index is 1240. The molecule has 9 atom stereocenters. The molecule has 39 heavy (non-hydrogen) atoms. The van der Waals surface area contributed by atoms with Crippen LogP contribution in [0, 0.1) is 16.7 Å². The van der Waals surface area contributed by atoms with Gasteiger partial charge in [0.2, 0.25) is 0 Å². The number of Topliss-reactive ketones (excluding diaryl/α,β-unsaturated/α-hetero) is 1. The molecule has 212 valence electrons. The predicted octanol–water partition coefficient (Wildman–Crippen LogP) is 1.08. The van der Waals surface area contributed by atoms with Crippen LogP contribution in [0.5, 0.6) is 0 Å². The summed E-state index contributed by atoms with van der Waals surface area (Å²) < 4.78 is 17.7. The van der Waals surface area contributed by atoms with E-state index in [9.17, 15) is 34.8 Å². The second kappa shape index (κ2) is 8.94. The average Bonchev–Trinajstić information content (AvgIpc) is 2.87. The molecule has 5 rings (SSSR count). The Hall–Kier alpha value is -2.63. The molecule has 1 heterocycles. The van der Waals surface area contributed by atoms with Gasteiger partial charge in [0.05, 0.1) is 35.7 Å². The van der Waals surface area contributed by atoms with E-state index in [0.717, 1.165) is 0 Å². The number of ether oxygens (including phenoxy) is 3. The molecular weight excluding hydrogens is 508 g/mol. The van der Waals surface area contributed by atoms with Crippen LogP contribution in [0.15, 0.2) is 41.5 Å². The molecule has 4 N–H and O–H groups in total. The van der Waals surface area contributed by atoms with Crippen molar-refractivity contribution in [3.63, 3.8) is 0 Å². The monoisotopic (exact) mass is 544 g/mol. The van der Waals surface area contributed by atoms with Crippen LogP contribution in [0.25, 0.3) is 0 Å². The molecule has 2 bridgehead atoms. The van der Waals surface area contributed by atoms with Crippen LogP contribution >= 0.6 is 0 Å². The SMILES string of the molecule is CC(=O)O[C@]12CO[C@@H]1C[C@@H](O)[C@@]1(C)C(=O)[C@@H](O)C3=C(C)[C@@H](O)C[C@@](O)([C@@H](OC(=O)c4ccccc4)[C@@H]21)C3(C)C. The van der Waals surface area contributed by atoms with Crippen molar-refractivity contribution in [2.75, 3.05) is 6.61 Å². The van der Waals surface area contributed by atoms with Gasteiger partial charge in [0.1, 0.15) is 23.9 Å². The second-order valence-electron chi connectivity index (χ2n) is 12.2. The summed E-state index contributed by atoms with van der Waals surface area (Å²) in [7, 11) is 0. The first-order valence-corrected chi connectivity index (χ1v) is 13.2. The fourth-order valence-corrected chi connectivity index (χ4v) is 7.66. The lowest BCUT2D eigenvalue weighted by molar-refractivity contribution is -0.345. The molecule has 1 aliphatic heterocycles. The predicted molar refractivity (Wildman–Crippen MR) is 135 cm³/mol. The molecule has 0 aromatic heterocycles. The largest absolute Gasteiger partial charge is 0.455 e. The Balaban J connectivity index is 1.81. The zero-order valence-corrected chi connectivity index (χ0v) is 22.7. The summed E-state index contributed by atoms with van der Waals surface area (Å²) in [5.74, 6) is -3.60. The molecule has 0 amide bonds. The number of benzene rings is 1. The number of ketones is 1. The average molecular weight is 545 g/mol. The minimum atomic E-state index is -2.07. The lowest BCUT2D eigenvalue weighted by Crippen LogP contribution is -2.81. The van der Waals surface area contributed by atoms with E-state index >= 15 is 0 Å². The third-order valence-electron chi connectivity index (χ3n) is 9.95. The first kappa shape index (κ1) is 27.9. The molecule has 0 radical (unpaired) electrons. The van der Waals surface area contributed by atoms with Crippen LogP contribution in [0.3, 0.4) is 0 Å². The number of carbonyl (C=O) groups is 3. The number of fused-ring (bicyclic) bond motifs is 5. The van der Waals surface area contributed by atoms with Crippen molar-refractivity contribution in [1.82, 2.24) is 0 Å². The zero-order chi connectivity index (χ0) is 28.7. The Morgan fingerprint density at radius 2 is 1.72 bits per heavy atom. The first-order chi connectivity index (χ1) is 18.1. The number of aliphatic hydroxyl groups excluding tert-OH is 3. The third kappa shape index (κ3) is 3.62. The van der Waals surface area contributed by atoms with Gasteiger partial charge in [-0.05, 0) is 37.1 Å². The van der Waals surface area contributed by atoms with Gasteiger partial charge >= 0.3 is 11.9 Å². The number of aliphatic hydroxyl groups is 4. The summed E-state index contributed by atoms with van der Waals surface area (Å²) in [6.07, 6.45) is -7.26. The summed E-state index contributed by atoms with van der Waals surface area (Å²) in [5.41, 5.74) is -6.24. The normalized spacial score (nSPS) is 42.7. The van der Waals surface area contributed by atoms with Gasteiger partial charge in [-0.2, -0.15) is 0 Å². The van der Waals surface area contributed by atoms with Gasteiger partial charge in [-0.15, -0.1) is 0 Å². The molecule has 4 aliphatic rings. The van der Waals surface area contributed by atoms with Gasteiger partial charge in [0, 0.05) is 25.2 Å². The molecule has 1 aromatic rings. The van der Waals surface area contributed by atoms with Crippen molar-refractivity contribution < 1.29 is 49.0 Å². The molecule has 2 saturated carbocycles. The maximum absolute atomic E-state index is 14.3. The Labute approximate surface area is 226 Å². The number of rotatable bonds is 3. The van der Waals surface area contributed by atoms with Crippen LogP contribution in [0.2, 0.25) is 0 Å². The van der Waals surface area contributed by atoms with E-state index in [2.05, 4.69) is 0 Å². The Morgan fingerprint density at radius 1 is 1.08 bits per heavy atom. The molecule has 3 fully saturated rings. The molecular formula is C29H36O10. The fourth-order valence-electron chi connectivity index (χ4n) is 7.66. The number of hydrogen-bond donors (Lipinski definition) is 4. The van der Waals surface area contributed by atoms with Crippen molar-refractivity contribution in [2.24, 2.45) is 16.7 Å².